The molecule has 1 aromatic heterocycles. The van der Waals surface area contributed by atoms with Gasteiger partial charge in [-0.05, 0) is 24.3 Å². The topological polar surface area (TPSA) is 64.1 Å². The van der Waals surface area contributed by atoms with Gasteiger partial charge in [0.05, 0.1) is 18.3 Å². The van der Waals surface area contributed by atoms with Crippen LogP contribution in [0.1, 0.15) is 24.3 Å². The van der Waals surface area contributed by atoms with Crippen molar-refractivity contribution in [3.05, 3.63) is 41.2 Å². The van der Waals surface area contributed by atoms with Crippen molar-refractivity contribution in [1.29, 1.82) is 0 Å². The number of ether oxygens (including phenoxy) is 1. The highest BCUT2D eigenvalue weighted by Gasteiger charge is 2.15. The summed E-state index contributed by atoms with van der Waals surface area (Å²) in [5, 5.41) is 3.82. The number of amides is 1. The van der Waals surface area contributed by atoms with Gasteiger partial charge in [-0.15, -0.1) is 0 Å². The number of benzene rings is 1. The Bertz CT molecular complexity index is 662. The molecule has 1 amide bonds. The van der Waals surface area contributed by atoms with E-state index in [1.165, 1.54) is 18.0 Å². The highest BCUT2D eigenvalue weighted by atomic mass is 35.5. The van der Waals surface area contributed by atoms with Crippen LogP contribution in [-0.2, 0) is 0 Å². The second kappa shape index (κ2) is 7.47. The molecule has 1 heterocycles. The van der Waals surface area contributed by atoms with E-state index in [-0.39, 0.29) is 16.6 Å². The van der Waals surface area contributed by atoms with Crippen molar-refractivity contribution in [2.45, 2.75) is 24.3 Å². The second-order valence-corrected chi connectivity index (χ2v) is 6.65. The smallest absolute Gasteiger partial charge is 0.275 e. The van der Waals surface area contributed by atoms with Crippen LogP contribution in [0.3, 0.4) is 0 Å². The Hall–Kier alpha value is -1.79. The van der Waals surface area contributed by atoms with Gasteiger partial charge in [-0.1, -0.05) is 37.2 Å². The first-order chi connectivity index (χ1) is 10.5. The van der Waals surface area contributed by atoms with Crippen LogP contribution in [0.2, 0.25) is 5.02 Å². The monoisotopic (exact) mass is 337 g/mol. The number of nitrogens with zero attached hydrogens (tertiary/aromatic N) is 2. The predicted octanol–water partition coefficient (Wildman–Crippen LogP) is 3.89. The number of nitrogens with one attached hydrogen (secondary N) is 1. The lowest BCUT2D eigenvalue weighted by Gasteiger charge is -2.09. The zero-order valence-corrected chi connectivity index (χ0v) is 14.0. The average Bonchev–Trinajstić information content (AvgIpc) is 2.49. The zero-order valence-electron chi connectivity index (χ0n) is 12.5. The molecule has 0 unspecified atom stereocenters. The number of hydrogen-bond acceptors (Lipinski definition) is 5. The van der Waals surface area contributed by atoms with Gasteiger partial charge >= 0.3 is 0 Å². The molecule has 5 nitrogen and oxygen atoms in total. The molecule has 0 atom stereocenters. The highest BCUT2D eigenvalue weighted by molar-refractivity contribution is 7.99. The van der Waals surface area contributed by atoms with Crippen molar-refractivity contribution in [3.63, 3.8) is 0 Å². The van der Waals surface area contributed by atoms with E-state index in [9.17, 15) is 4.79 Å². The maximum absolute atomic E-state index is 12.3. The number of thioether (sulfide) groups is 1. The van der Waals surface area contributed by atoms with Crippen LogP contribution in [0.5, 0.6) is 5.75 Å². The molecule has 1 aromatic carbocycles. The minimum atomic E-state index is -0.372. The fourth-order valence-electron chi connectivity index (χ4n) is 1.64. The quantitative estimate of drug-likeness (QED) is 0.662. The molecule has 0 aliphatic rings. The van der Waals surface area contributed by atoms with Crippen molar-refractivity contribution < 1.29 is 9.53 Å². The molecule has 0 spiro atoms. The summed E-state index contributed by atoms with van der Waals surface area (Å²) >= 11 is 7.50. The van der Waals surface area contributed by atoms with Crippen molar-refractivity contribution in [2.75, 3.05) is 12.4 Å². The van der Waals surface area contributed by atoms with Crippen LogP contribution in [-0.4, -0.2) is 28.2 Å². The Morgan fingerprint density at radius 1 is 1.32 bits per heavy atom. The maximum Gasteiger partial charge on any atom is 0.275 e. The summed E-state index contributed by atoms with van der Waals surface area (Å²) in [6, 6.07) is 7.01. The van der Waals surface area contributed by atoms with Crippen LogP contribution in [0, 0.1) is 0 Å². The van der Waals surface area contributed by atoms with Gasteiger partial charge in [0, 0.05) is 10.9 Å². The molecule has 0 saturated carbocycles. The number of carbonyl (C=O) groups excluding carboxylic acids is 1. The third kappa shape index (κ3) is 4.35. The van der Waals surface area contributed by atoms with E-state index >= 15 is 0 Å². The van der Waals surface area contributed by atoms with Gasteiger partial charge in [0.2, 0.25) is 0 Å². The zero-order chi connectivity index (χ0) is 16.1. The number of halogens is 1. The Kier molecular flexibility index (Phi) is 5.63. The molecule has 0 aliphatic heterocycles. The molecule has 0 bridgehead atoms. The van der Waals surface area contributed by atoms with Gasteiger partial charge in [-0.25, -0.2) is 9.97 Å². The van der Waals surface area contributed by atoms with Gasteiger partial charge in [0.15, 0.2) is 10.9 Å². The van der Waals surface area contributed by atoms with E-state index in [4.69, 9.17) is 16.3 Å². The van der Waals surface area contributed by atoms with Gasteiger partial charge in [-0.3, -0.25) is 4.79 Å². The van der Waals surface area contributed by atoms with Gasteiger partial charge in [0.25, 0.3) is 5.91 Å². The predicted molar refractivity (Wildman–Crippen MR) is 89.0 cm³/mol. The number of anilines is 1. The van der Waals surface area contributed by atoms with Crippen LogP contribution in [0.25, 0.3) is 0 Å². The van der Waals surface area contributed by atoms with Gasteiger partial charge < -0.3 is 10.1 Å². The van der Waals surface area contributed by atoms with E-state index in [0.717, 1.165) is 0 Å². The number of rotatable bonds is 5. The lowest BCUT2D eigenvalue weighted by Crippen LogP contribution is -2.15. The lowest BCUT2D eigenvalue weighted by molar-refractivity contribution is 0.102. The molecule has 2 aromatic rings. The van der Waals surface area contributed by atoms with Gasteiger partial charge in [-0.2, -0.15) is 0 Å². The molecule has 0 fully saturated rings. The van der Waals surface area contributed by atoms with Crippen LogP contribution < -0.4 is 10.1 Å². The highest BCUT2D eigenvalue weighted by Crippen LogP contribution is 2.23. The average molecular weight is 338 g/mol. The SMILES string of the molecule is COc1ccc(NC(=O)c2nc(SC(C)C)ncc2Cl)cc1. The Labute approximate surface area is 138 Å². The molecule has 1 N–H and O–H groups in total. The first kappa shape index (κ1) is 16.6. The molecule has 7 heteroatoms. The minimum Gasteiger partial charge on any atom is -0.497 e. The summed E-state index contributed by atoms with van der Waals surface area (Å²) < 4.78 is 5.07. The van der Waals surface area contributed by atoms with Crippen LogP contribution >= 0.6 is 23.4 Å². The molecule has 0 radical (unpaired) electrons. The maximum atomic E-state index is 12.3. The summed E-state index contributed by atoms with van der Waals surface area (Å²) in [6.07, 6.45) is 1.45. The summed E-state index contributed by atoms with van der Waals surface area (Å²) in [5.74, 6) is 0.344. The first-order valence-electron chi connectivity index (χ1n) is 6.64. The third-order valence-corrected chi connectivity index (χ3v) is 3.78. The third-order valence-electron chi connectivity index (χ3n) is 2.63. The molecule has 22 heavy (non-hydrogen) atoms. The summed E-state index contributed by atoms with van der Waals surface area (Å²) in [4.78, 5) is 20.6. The van der Waals surface area contributed by atoms with E-state index in [1.807, 2.05) is 13.8 Å². The Morgan fingerprint density at radius 2 is 2.00 bits per heavy atom. The second-order valence-electron chi connectivity index (χ2n) is 4.70. The molecular formula is C15H16ClN3O2S. The summed E-state index contributed by atoms with van der Waals surface area (Å²) in [5.41, 5.74) is 0.800. The Morgan fingerprint density at radius 3 is 2.59 bits per heavy atom. The fourth-order valence-corrected chi connectivity index (χ4v) is 2.50. The number of carbonyl (C=O) groups is 1. The molecular weight excluding hydrogens is 322 g/mol. The van der Waals surface area contributed by atoms with Crippen molar-refractivity contribution in [3.8, 4) is 5.75 Å². The minimum absolute atomic E-state index is 0.163. The summed E-state index contributed by atoms with van der Waals surface area (Å²) in [6.45, 7) is 4.06. The number of methoxy groups -OCH3 is 1. The fraction of sp³-hybridized carbons (Fsp3) is 0.267. The number of aromatic nitrogens is 2. The molecule has 2 rings (SSSR count). The normalized spacial score (nSPS) is 10.6. The lowest BCUT2D eigenvalue weighted by atomic mass is 10.3. The van der Waals surface area contributed by atoms with Gasteiger partial charge in [0.1, 0.15) is 5.75 Å². The van der Waals surface area contributed by atoms with Crippen LogP contribution in [0.15, 0.2) is 35.6 Å². The standard InChI is InChI=1S/C15H16ClN3O2S/c1-9(2)22-15-17-8-12(16)13(19-15)14(20)18-10-4-6-11(21-3)7-5-10/h4-9H,1-3H3,(H,18,20). The van der Waals surface area contributed by atoms with Crippen molar-refractivity contribution in [1.82, 2.24) is 9.97 Å². The molecule has 116 valence electrons. The van der Waals surface area contributed by atoms with E-state index in [2.05, 4.69) is 15.3 Å². The largest absolute Gasteiger partial charge is 0.497 e. The molecule has 0 saturated heterocycles. The molecule has 0 aliphatic carbocycles. The summed E-state index contributed by atoms with van der Waals surface area (Å²) in [7, 11) is 1.59. The first-order valence-corrected chi connectivity index (χ1v) is 7.90. The van der Waals surface area contributed by atoms with Crippen molar-refractivity contribution >= 4 is 35.0 Å². The van der Waals surface area contributed by atoms with E-state index in [0.29, 0.717) is 21.8 Å². The van der Waals surface area contributed by atoms with Crippen molar-refractivity contribution in [2.24, 2.45) is 0 Å². The van der Waals surface area contributed by atoms with E-state index < -0.39 is 0 Å². The number of hydrogen-bond donors (Lipinski definition) is 1. The Balaban J connectivity index is 2.17. The van der Waals surface area contributed by atoms with Crippen LogP contribution in [0.4, 0.5) is 5.69 Å². The van der Waals surface area contributed by atoms with E-state index in [1.54, 1.807) is 31.4 Å².